The van der Waals surface area contributed by atoms with Gasteiger partial charge in [-0.15, -0.1) is 152 Å². The van der Waals surface area contributed by atoms with E-state index in [1.807, 2.05) is 67.7 Å². The van der Waals surface area contributed by atoms with E-state index in [2.05, 4.69) is 37.9 Å². The second kappa shape index (κ2) is 62.6. The molecule has 2 unspecified atom stereocenters. The van der Waals surface area contributed by atoms with E-state index < -0.39 is 47.2 Å². The minimum absolute atomic E-state index is 0. The molecule has 8 rings (SSSR count). The zero-order valence-electron chi connectivity index (χ0n) is 62.9. The van der Waals surface area contributed by atoms with Gasteiger partial charge in [0.15, 0.2) is 0 Å². The van der Waals surface area contributed by atoms with E-state index in [1.165, 1.54) is 11.1 Å². The fraction of sp³-hybridized carbons (Fsp3) is 0.696. The number of nitrogens with zero attached hydrogens (tertiary/aromatic N) is 6. The Bertz CT molecular complexity index is 3070. The second-order valence-corrected chi connectivity index (χ2v) is 35.6. The number of hydrogen-bond acceptors (Lipinski definition) is 15. The number of fused-ring (bicyclic) bond motifs is 5. The SMILES string of the molecule is CN(CCCl)CCCl.C[C@]12CC[C@@H]3c4ccc(OC(=O)N(CCCl)CCCl)cc4CC[C@H]3[C@@H]1CC[C@@H]2O.Cl.N[C@@H](Cc1ccc(N(CCCl)CCCl)cc1)C(=O)O.O=C(O)CCCc1ccc(N(CCCl)CCCl)cc1.O=P([O-])(O)O.O=P1(N(CCCl)CCCl)NCCCO1.O=P1(NCCCl)OCCCN1CCCl.[Na+]. The normalized spacial score (nSPS) is 21.2. The molecule has 0 aromatic heterocycles. The number of aliphatic hydroxyl groups is 1. The van der Waals surface area contributed by atoms with Crippen molar-refractivity contribution < 1.29 is 101 Å². The third-order valence-electron chi connectivity index (χ3n) is 18.3. The molecule has 0 bridgehead atoms. The number of hydrogen-bond donors (Lipinski definition) is 8. The van der Waals surface area contributed by atoms with Crippen LogP contribution in [0.1, 0.15) is 92.9 Å². The smallest absolute Gasteiger partial charge is 0.756 e. The van der Waals surface area contributed by atoms with Crippen molar-refractivity contribution in [1.82, 2.24) is 29.3 Å². The molecule has 2 saturated carbocycles. The largest absolute Gasteiger partial charge is 1.00 e. The number of anilines is 2. The summed E-state index contributed by atoms with van der Waals surface area (Å²) in [6.07, 6.45) is 9.75. The van der Waals surface area contributed by atoms with Crippen molar-refractivity contribution in [2.45, 2.75) is 102 Å². The summed E-state index contributed by atoms with van der Waals surface area (Å²) in [7, 11) is -8.57. The molecule has 41 heteroatoms. The van der Waals surface area contributed by atoms with Gasteiger partial charge in [0.25, 0.3) is 7.82 Å². The van der Waals surface area contributed by atoms with Gasteiger partial charge in [-0.25, -0.2) is 24.3 Å². The van der Waals surface area contributed by atoms with E-state index in [9.17, 15) is 28.6 Å². The van der Waals surface area contributed by atoms with Gasteiger partial charge in [0.05, 0.1) is 19.3 Å². The first-order chi connectivity index (χ1) is 51.5. The monoisotopic (exact) mass is 1880 g/mol. The third kappa shape index (κ3) is 42.6. The van der Waals surface area contributed by atoms with Crippen LogP contribution in [-0.2, 0) is 51.6 Å². The molecule has 2 aliphatic heterocycles. The Morgan fingerprint density at radius 1 is 0.709 bits per heavy atom. The Morgan fingerprint density at radius 3 is 1.68 bits per heavy atom. The van der Waals surface area contributed by atoms with Crippen molar-refractivity contribution in [2.24, 2.45) is 23.0 Å². The topological polar surface area (TPSA) is 324 Å². The number of benzene rings is 3. The molecule has 0 radical (unpaired) electrons. The number of nitrogens with one attached hydrogen (secondary N) is 2. The molecule has 8 atom stereocenters. The summed E-state index contributed by atoms with van der Waals surface area (Å²) in [4.78, 5) is 64.4. The summed E-state index contributed by atoms with van der Waals surface area (Å²) in [5.74, 6) is 6.71. The molecule has 3 aromatic carbocycles. The van der Waals surface area contributed by atoms with Crippen LogP contribution in [0.25, 0.3) is 0 Å². The summed E-state index contributed by atoms with van der Waals surface area (Å²) < 4.78 is 52.8. The summed E-state index contributed by atoms with van der Waals surface area (Å²) in [6.45, 7) is 12.7. The molecule has 9 N–H and O–H groups in total. The first kappa shape index (κ1) is 110. The Morgan fingerprint density at radius 2 is 1.22 bits per heavy atom. The maximum Gasteiger partial charge on any atom is 1.00 e. The molecule has 3 aromatic rings. The number of ether oxygens (including phenoxy) is 1. The maximum absolute atomic E-state index is 12.4. The van der Waals surface area contributed by atoms with Crippen LogP contribution in [0.2, 0.25) is 0 Å². The molecule has 2 heterocycles. The summed E-state index contributed by atoms with van der Waals surface area (Å²) in [5.41, 5.74) is 12.5. The zero-order chi connectivity index (χ0) is 80.7. The molecular formula is C69H112Cl13N9NaO15P3. The molecule has 0 spiro atoms. The standard InChI is InChI=1S/C23H31Cl2NO3.C14H19Cl2NO2.C13H18Cl2N2O2.2C7H15Cl2N2O2P.C5H11Cl2N.ClH.Na.H3O4P/c1-23-9-8-18-17-5-3-16(29-22(28)26(12-10-24)13-11-25)14-15(17)2-4-19(18)20(23)6-7-21(23)27;15-8-10-17(11-9-16)13-6-4-12(5-7-13)2-1-3-14(18)19;14-5-7-17(8-6-15)11-3-1-10(2-4-11)9-12(16)13(18)19;8-2-4-10-14(12)11(6-3-9)5-1-7-13-14;8-2-5-11(6-3-9)14(12)10-4-1-7-13-14;1-8(4-2-6)5-3-7;;;1-5(2,3)4/h3,5,14,18-21,27H,2,4,6-13H2,1H3;4-7H,1-3,8-11H2,(H,18,19);1-4,12H,5-9,16H2,(H,18,19);2*1-7H2,(H,10,12);2-5H2,1H3;1H;;(H3,1,2,3,4)/q;;;;;;;+1;/p-1/t18-,19-,20+,21+,23+;;12-;;;;;;/m1.0....../s1. The third-order valence-corrected chi connectivity index (χ3v) is 25.0. The second-order valence-electron chi connectivity index (χ2n) is 25.7. The Kier molecular flexibility index (Phi) is 62.8. The van der Waals surface area contributed by atoms with Crippen molar-refractivity contribution in [3.8, 4) is 5.75 Å². The van der Waals surface area contributed by atoms with Gasteiger partial charge in [-0.1, -0.05) is 37.3 Å². The van der Waals surface area contributed by atoms with Crippen LogP contribution in [-0.4, -0.2) is 257 Å². The quantitative estimate of drug-likeness (QED) is 0.0152. The van der Waals surface area contributed by atoms with E-state index in [4.69, 9.17) is 188 Å². The predicted molar refractivity (Wildman–Crippen MR) is 453 cm³/mol. The minimum Gasteiger partial charge on any atom is -0.756 e. The average molecular weight is 1880 g/mol. The van der Waals surface area contributed by atoms with Gasteiger partial charge in [-0.3, -0.25) is 23.3 Å². The van der Waals surface area contributed by atoms with Gasteiger partial charge in [0.2, 0.25) is 0 Å². The fourth-order valence-electron chi connectivity index (χ4n) is 12.9. The van der Waals surface area contributed by atoms with Crippen LogP contribution in [0.5, 0.6) is 5.75 Å². The van der Waals surface area contributed by atoms with Crippen LogP contribution in [0, 0.1) is 17.3 Å². The number of aliphatic hydroxyl groups excluding tert-OH is 1. The number of carbonyl (C=O) groups excluding carboxylic acids is 1. The van der Waals surface area contributed by atoms with Gasteiger partial charge in [-0.05, 0) is 159 Å². The Balaban J connectivity index is 0.00000132. The number of alkyl halides is 12. The Hall–Kier alpha value is 0.450. The minimum atomic E-state index is -4.89. The van der Waals surface area contributed by atoms with Gasteiger partial charge in [0.1, 0.15) is 11.8 Å². The number of rotatable bonds is 36. The number of nitrogens with two attached hydrogens (primary N) is 1. The molecule has 2 saturated heterocycles. The molecule has 110 heavy (non-hydrogen) atoms. The van der Waals surface area contributed by atoms with E-state index in [0.717, 1.165) is 133 Å². The molecule has 630 valence electrons. The summed E-state index contributed by atoms with van der Waals surface area (Å²) in [6, 6.07) is 21.0. The van der Waals surface area contributed by atoms with Crippen molar-refractivity contribution >= 4 is 204 Å². The van der Waals surface area contributed by atoms with E-state index in [-0.39, 0.29) is 59.9 Å². The van der Waals surface area contributed by atoms with Crippen molar-refractivity contribution in [3.63, 3.8) is 0 Å². The number of carboxylic acid groups (broad SMARTS) is 2. The Labute approximate surface area is 739 Å². The van der Waals surface area contributed by atoms with Crippen LogP contribution in [0.4, 0.5) is 16.2 Å². The number of aliphatic carboxylic acids is 2. The summed E-state index contributed by atoms with van der Waals surface area (Å²) >= 11 is 67.9. The average Bonchev–Trinajstić information content (AvgIpc) is 1.51. The molecule has 24 nitrogen and oxygen atoms in total. The number of aryl methyl sites for hydroxylation is 2. The van der Waals surface area contributed by atoms with E-state index in [1.54, 1.807) is 14.2 Å². The zero-order valence-corrected chi connectivity index (χ0v) is 77.5. The molecule has 1 amide bonds. The van der Waals surface area contributed by atoms with E-state index in [0.29, 0.717) is 159 Å². The van der Waals surface area contributed by atoms with Crippen molar-refractivity contribution in [3.05, 3.63) is 89.0 Å². The number of carboxylic acids is 2. The van der Waals surface area contributed by atoms with Crippen LogP contribution >= 0.6 is 175 Å². The molecular weight excluding hydrogens is 1770 g/mol. The predicted octanol–water partition coefficient (Wildman–Crippen LogP) is 11.5. The number of carbonyl (C=O) groups is 3. The molecule has 5 aliphatic rings. The molecule has 3 aliphatic carbocycles. The van der Waals surface area contributed by atoms with Gasteiger partial charge >= 0.3 is 62.9 Å². The van der Waals surface area contributed by atoms with E-state index >= 15 is 0 Å². The van der Waals surface area contributed by atoms with Crippen LogP contribution in [0.3, 0.4) is 0 Å². The van der Waals surface area contributed by atoms with Gasteiger partial charge in [-0.2, -0.15) is 0 Å². The van der Waals surface area contributed by atoms with Crippen molar-refractivity contribution in [1.29, 1.82) is 0 Å². The van der Waals surface area contributed by atoms with Crippen LogP contribution < -0.4 is 64.9 Å². The number of halogens is 13. The first-order valence-electron chi connectivity index (χ1n) is 35.8. The van der Waals surface area contributed by atoms with Gasteiger partial charge in [0, 0.05) is 180 Å². The fourth-order valence-corrected chi connectivity index (χ4v) is 19.9. The van der Waals surface area contributed by atoms with Gasteiger partial charge < -0.3 is 69.1 Å². The first-order valence-corrected chi connectivity index (χ1v) is 46.9. The van der Waals surface area contributed by atoms with Crippen molar-refractivity contribution in [2.75, 3.05) is 192 Å². The summed E-state index contributed by atoms with van der Waals surface area (Å²) in [5, 5.41) is 33.7. The molecule has 4 fully saturated rings. The maximum atomic E-state index is 12.4. The number of amides is 1. The van der Waals surface area contributed by atoms with Crippen LogP contribution in [0.15, 0.2) is 66.7 Å². The number of phosphoric acid groups is 1.